The maximum absolute atomic E-state index is 11.7. The molecular formula is C11H11N2O5S-. The highest BCUT2D eigenvalue weighted by Crippen LogP contribution is 2.25. The molecule has 1 aliphatic heterocycles. The molecule has 1 amide bonds. The maximum Gasteiger partial charge on any atom is 0.238 e. The number of sulfonamides is 1. The Morgan fingerprint density at radius 1 is 1.32 bits per heavy atom. The van der Waals surface area contributed by atoms with Gasteiger partial charge in [-0.25, -0.2) is 13.6 Å². The molecule has 2 rings (SSSR count). The minimum Gasteiger partial charge on any atom is -0.550 e. The second-order valence-electron chi connectivity index (χ2n) is 4.26. The SMILES string of the molecule is NS(=O)(=O)c1ccc(N2CC(C(=O)[O-])CC2=O)cc1. The van der Waals surface area contributed by atoms with Gasteiger partial charge in [-0.1, -0.05) is 0 Å². The lowest BCUT2D eigenvalue weighted by Crippen LogP contribution is -2.33. The van der Waals surface area contributed by atoms with Gasteiger partial charge in [-0.3, -0.25) is 4.79 Å². The van der Waals surface area contributed by atoms with E-state index in [1.165, 1.54) is 29.2 Å². The van der Waals surface area contributed by atoms with E-state index in [4.69, 9.17) is 5.14 Å². The highest BCUT2D eigenvalue weighted by atomic mass is 32.2. The van der Waals surface area contributed by atoms with Crippen LogP contribution in [0.4, 0.5) is 5.69 Å². The van der Waals surface area contributed by atoms with Crippen LogP contribution >= 0.6 is 0 Å². The third-order valence-electron chi connectivity index (χ3n) is 2.94. The van der Waals surface area contributed by atoms with Gasteiger partial charge in [-0.15, -0.1) is 0 Å². The molecule has 1 heterocycles. The molecule has 0 saturated carbocycles. The number of carbonyl (C=O) groups is 2. The lowest BCUT2D eigenvalue weighted by Gasteiger charge is -2.17. The number of carbonyl (C=O) groups excluding carboxylic acids is 2. The van der Waals surface area contributed by atoms with E-state index in [9.17, 15) is 23.1 Å². The third kappa shape index (κ3) is 2.74. The Labute approximate surface area is 109 Å². The zero-order valence-electron chi connectivity index (χ0n) is 9.78. The Kier molecular flexibility index (Phi) is 3.29. The number of anilines is 1. The fourth-order valence-corrected chi connectivity index (χ4v) is 2.45. The number of amides is 1. The molecule has 8 heteroatoms. The number of hydrogen-bond donors (Lipinski definition) is 1. The van der Waals surface area contributed by atoms with E-state index in [2.05, 4.69) is 0 Å². The summed E-state index contributed by atoms with van der Waals surface area (Å²) in [5, 5.41) is 15.7. The lowest BCUT2D eigenvalue weighted by molar-refractivity contribution is -0.310. The maximum atomic E-state index is 11.7. The summed E-state index contributed by atoms with van der Waals surface area (Å²) in [5.74, 6) is -2.44. The van der Waals surface area contributed by atoms with Gasteiger partial charge in [0.1, 0.15) is 0 Å². The van der Waals surface area contributed by atoms with Gasteiger partial charge in [0, 0.05) is 30.5 Å². The summed E-state index contributed by atoms with van der Waals surface area (Å²) in [6.07, 6.45) is -0.112. The lowest BCUT2D eigenvalue weighted by atomic mass is 10.1. The zero-order chi connectivity index (χ0) is 14.2. The van der Waals surface area contributed by atoms with Crippen LogP contribution in [0.15, 0.2) is 29.2 Å². The number of nitrogens with two attached hydrogens (primary N) is 1. The molecule has 0 bridgehead atoms. The second-order valence-corrected chi connectivity index (χ2v) is 5.82. The standard InChI is InChI=1S/C11H12N2O5S/c12-19(17,18)9-3-1-8(2-4-9)13-6-7(11(15)16)5-10(13)14/h1-4,7H,5-6H2,(H,15,16)(H2,12,17,18)/p-1. The van der Waals surface area contributed by atoms with E-state index in [0.29, 0.717) is 5.69 Å². The Morgan fingerprint density at radius 3 is 2.32 bits per heavy atom. The van der Waals surface area contributed by atoms with E-state index in [-0.39, 0.29) is 23.8 Å². The van der Waals surface area contributed by atoms with Gasteiger partial charge in [-0.05, 0) is 24.3 Å². The van der Waals surface area contributed by atoms with Crippen molar-refractivity contribution in [3.8, 4) is 0 Å². The minimum absolute atomic E-state index is 0.0237. The van der Waals surface area contributed by atoms with Crippen molar-refractivity contribution in [3.05, 3.63) is 24.3 Å². The molecule has 0 spiro atoms. The molecular weight excluding hydrogens is 272 g/mol. The molecule has 102 valence electrons. The predicted molar refractivity (Wildman–Crippen MR) is 63.3 cm³/mol. The highest BCUT2D eigenvalue weighted by Gasteiger charge is 2.31. The molecule has 0 radical (unpaired) electrons. The molecule has 1 unspecified atom stereocenters. The average Bonchev–Trinajstić information content (AvgIpc) is 2.70. The number of rotatable bonds is 3. The number of primary sulfonamides is 1. The predicted octanol–water partition coefficient (Wildman–Crippen LogP) is -1.56. The van der Waals surface area contributed by atoms with Crippen molar-refractivity contribution in [1.29, 1.82) is 0 Å². The molecule has 1 aromatic rings. The first-order chi connectivity index (χ1) is 8.79. The van der Waals surface area contributed by atoms with Crippen LogP contribution < -0.4 is 15.1 Å². The van der Waals surface area contributed by atoms with E-state index in [1.807, 2.05) is 0 Å². The Morgan fingerprint density at radius 2 is 1.89 bits per heavy atom. The molecule has 0 aliphatic carbocycles. The summed E-state index contributed by atoms with van der Waals surface area (Å²) < 4.78 is 22.2. The average molecular weight is 283 g/mol. The van der Waals surface area contributed by atoms with Crippen molar-refractivity contribution in [3.63, 3.8) is 0 Å². The number of aliphatic carboxylic acids is 1. The molecule has 0 aromatic heterocycles. The smallest absolute Gasteiger partial charge is 0.238 e. The molecule has 1 aliphatic rings. The summed E-state index contributed by atoms with van der Waals surface area (Å²) in [4.78, 5) is 23.6. The minimum atomic E-state index is -3.79. The monoisotopic (exact) mass is 283 g/mol. The van der Waals surface area contributed by atoms with E-state index in [0.717, 1.165) is 0 Å². The van der Waals surface area contributed by atoms with E-state index >= 15 is 0 Å². The van der Waals surface area contributed by atoms with Crippen molar-refractivity contribution < 1.29 is 23.1 Å². The first-order valence-corrected chi connectivity index (χ1v) is 6.98. The van der Waals surface area contributed by atoms with Crippen molar-refractivity contribution in [2.45, 2.75) is 11.3 Å². The van der Waals surface area contributed by atoms with Crippen LogP contribution in [0.3, 0.4) is 0 Å². The number of carboxylic acid groups (broad SMARTS) is 1. The number of nitrogens with zero attached hydrogens (tertiary/aromatic N) is 1. The van der Waals surface area contributed by atoms with Crippen molar-refractivity contribution in [1.82, 2.24) is 0 Å². The van der Waals surface area contributed by atoms with Gasteiger partial charge in [-0.2, -0.15) is 0 Å². The van der Waals surface area contributed by atoms with Crippen LogP contribution in [0, 0.1) is 5.92 Å². The Bertz CT molecular complexity index is 623. The second kappa shape index (κ2) is 4.63. The van der Waals surface area contributed by atoms with Crippen LogP contribution in [0.5, 0.6) is 0 Å². The summed E-state index contributed by atoms with van der Waals surface area (Å²) in [6.45, 7) is 0.0237. The Hall–Kier alpha value is -1.93. The summed E-state index contributed by atoms with van der Waals surface area (Å²) >= 11 is 0. The van der Waals surface area contributed by atoms with E-state index < -0.39 is 21.9 Å². The summed E-state index contributed by atoms with van der Waals surface area (Å²) in [6, 6.07) is 5.36. The molecule has 1 fully saturated rings. The van der Waals surface area contributed by atoms with Crippen LogP contribution in [0.2, 0.25) is 0 Å². The largest absolute Gasteiger partial charge is 0.550 e. The molecule has 1 aromatic carbocycles. The van der Waals surface area contributed by atoms with Crippen LogP contribution in [0.1, 0.15) is 6.42 Å². The van der Waals surface area contributed by atoms with Gasteiger partial charge in [0.05, 0.1) is 4.90 Å². The normalized spacial score (nSPS) is 19.7. The fraction of sp³-hybridized carbons (Fsp3) is 0.273. The topological polar surface area (TPSA) is 121 Å². The van der Waals surface area contributed by atoms with Crippen LogP contribution in [-0.2, 0) is 19.6 Å². The molecule has 7 nitrogen and oxygen atoms in total. The van der Waals surface area contributed by atoms with Gasteiger partial charge in [0.15, 0.2) is 0 Å². The third-order valence-corrected chi connectivity index (χ3v) is 3.86. The highest BCUT2D eigenvalue weighted by molar-refractivity contribution is 7.89. The van der Waals surface area contributed by atoms with Crippen molar-refractivity contribution in [2.75, 3.05) is 11.4 Å². The van der Waals surface area contributed by atoms with Gasteiger partial charge >= 0.3 is 0 Å². The van der Waals surface area contributed by atoms with Crippen LogP contribution in [-0.4, -0.2) is 26.8 Å². The first kappa shape index (κ1) is 13.5. The molecule has 19 heavy (non-hydrogen) atoms. The number of carboxylic acids is 1. The van der Waals surface area contributed by atoms with Crippen LogP contribution in [0.25, 0.3) is 0 Å². The van der Waals surface area contributed by atoms with Gasteiger partial charge in [0.2, 0.25) is 15.9 Å². The number of benzene rings is 1. The van der Waals surface area contributed by atoms with Crippen molar-refractivity contribution >= 4 is 27.6 Å². The summed E-state index contributed by atoms with van der Waals surface area (Å²) in [5.41, 5.74) is 0.432. The molecule has 2 N–H and O–H groups in total. The quantitative estimate of drug-likeness (QED) is 0.719. The fourth-order valence-electron chi connectivity index (χ4n) is 1.93. The van der Waals surface area contributed by atoms with E-state index in [1.54, 1.807) is 0 Å². The van der Waals surface area contributed by atoms with Crippen molar-refractivity contribution in [2.24, 2.45) is 11.1 Å². The molecule has 1 saturated heterocycles. The Balaban J connectivity index is 2.24. The van der Waals surface area contributed by atoms with Gasteiger partial charge in [0.25, 0.3) is 0 Å². The summed E-state index contributed by atoms with van der Waals surface area (Å²) in [7, 11) is -3.79. The number of hydrogen-bond acceptors (Lipinski definition) is 5. The first-order valence-electron chi connectivity index (χ1n) is 5.43. The van der Waals surface area contributed by atoms with Gasteiger partial charge < -0.3 is 14.8 Å². The molecule has 1 atom stereocenters. The zero-order valence-corrected chi connectivity index (χ0v) is 10.6.